The first kappa shape index (κ1) is 19.5. The average molecular weight is 383 g/mol. The van der Waals surface area contributed by atoms with Crippen LogP contribution in [0.1, 0.15) is 41.1 Å². The monoisotopic (exact) mass is 382 g/mol. The summed E-state index contributed by atoms with van der Waals surface area (Å²) in [6.45, 7) is 4.00. The van der Waals surface area contributed by atoms with Gasteiger partial charge in [0, 0.05) is 5.69 Å². The lowest BCUT2D eigenvalue weighted by Gasteiger charge is -2.26. The molecule has 0 radical (unpaired) electrons. The minimum atomic E-state index is -0.0808. The van der Waals surface area contributed by atoms with E-state index in [1.54, 1.807) is 0 Å². The minimum absolute atomic E-state index is 0.0129. The van der Waals surface area contributed by atoms with Crippen LogP contribution in [0.2, 0.25) is 0 Å². The molecule has 1 aliphatic carbocycles. The van der Waals surface area contributed by atoms with Gasteiger partial charge in [-0.05, 0) is 55.9 Å². The first-order chi connectivity index (χ1) is 13.0. The van der Waals surface area contributed by atoms with E-state index >= 15 is 0 Å². The highest BCUT2D eigenvalue weighted by molar-refractivity contribution is 8.00. The van der Waals surface area contributed by atoms with Gasteiger partial charge in [-0.25, -0.2) is 0 Å². The van der Waals surface area contributed by atoms with Crippen molar-refractivity contribution >= 4 is 29.3 Å². The van der Waals surface area contributed by atoms with Crippen molar-refractivity contribution in [2.45, 2.75) is 39.2 Å². The van der Waals surface area contributed by atoms with E-state index < -0.39 is 0 Å². The Morgan fingerprint density at radius 1 is 1.07 bits per heavy atom. The smallest absolute Gasteiger partial charge is 0.234 e. The quantitative estimate of drug-likeness (QED) is 0.788. The first-order valence-electron chi connectivity index (χ1n) is 9.35. The summed E-state index contributed by atoms with van der Waals surface area (Å²) >= 11 is 1.34. The van der Waals surface area contributed by atoms with E-state index in [0.717, 1.165) is 30.5 Å². The lowest BCUT2D eigenvalue weighted by Crippen LogP contribution is -2.32. The maximum Gasteiger partial charge on any atom is 0.234 e. The molecule has 2 N–H and O–H groups in total. The van der Waals surface area contributed by atoms with Gasteiger partial charge in [0.15, 0.2) is 0 Å². The van der Waals surface area contributed by atoms with E-state index in [1.165, 1.54) is 28.5 Å². The van der Waals surface area contributed by atoms with Gasteiger partial charge in [0.1, 0.15) is 0 Å². The molecule has 0 heterocycles. The number of carbonyl (C=O) groups excluding carboxylic acids is 2. The third-order valence-electron chi connectivity index (χ3n) is 4.83. The zero-order valence-electron chi connectivity index (χ0n) is 15.9. The van der Waals surface area contributed by atoms with Crippen LogP contribution in [0, 0.1) is 13.8 Å². The largest absolute Gasteiger partial charge is 0.349 e. The lowest BCUT2D eigenvalue weighted by atomic mass is 9.88. The summed E-state index contributed by atoms with van der Waals surface area (Å²) < 4.78 is 0. The molecule has 2 aromatic carbocycles. The van der Waals surface area contributed by atoms with Crippen LogP contribution >= 0.6 is 11.8 Å². The molecule has 5 heteroatoms. The zero-order valence-corrected chi connectivity index (χ0v) is 16.7. The number of carbonyl (C=O) groups is 2. The van der Waals surface area contributed by atoms with E-state index in [9.17, 15) is 9.59 Å². The molecule has 1 aliphatic rings. The van der Waals surface area contributed by atoms with Crippen molar-refractivity contribution < 1.29 is 9.59 Å². The fourth-order valence-corrected chi connectivity index (χ4v) is 4.14. The second-order valence-corrected chi connectivity index (χ2v) is 8.06. The Morgan fingerprint density at radius 3 is 2.67 bits per heavy atom. The number of anilines is 1. The highest BCUT2D eigenvalue weighted by Gasteiger charge is 2.21. The number of hydrogen-bond acceptors (Lipinski definition) is 3. The van der Waals surface area contributed by atoms with Crippen LogP contribution in [0.15, 0.2) is 42.5 Å². The number of rotatable bonds is 6. The number of thioether (sulfide) groups is 1. The first-order valence-corrected chi connectivity index (χ1v) is 10.5. The van der Waals surface area contributed by atoms with Crippen molar-refractivity contribution in [2.24, 2.45) is 0 Å². The second-order valence-electron chi connectivity index (χ2n) is 7.07. The number of benzene rings is 2. The summed E-state index contributed by atoms with van der Waals surface area (Å²) in [7, 11) is 0. The predicted molar refractivity (Wildman–Crippen MR) is 112 cm³/mol. The van der Waals surface area contributed by atoms with E-state index in [-0.39, 0.29) is 23.6 Å². The number of aryl methyl sites for hydroxylation is 3. The molecule has 4 nitrogen and oxygen atoms in total. The van der Waals surface area contributed by atoms with Crippen molar-refractivity contribution in [1.82, 2.24) is 5.32 Å². The molecule has 0 saturated heterocycles. The van der Waals surface area contributed by atoms with Crippen LogP contribution in [0.25, 0.3) is 0 Å². The molecule has 0 saturated carbocycles. The van der Waals surface area contributed by atoms with Gasteiger partial charge in [-0.2, -0.15) is 0 Å². The molecular formula is C22H26N2O2S. The fraction of sp³-hybridized carbons (Fsp3) is 0.364. The number of hydrogen-bond donors (Lipinski definition) is 2. The van der Waals surface area contributed by atoms with E-state index in [0.29, 0.717) is 5.75 Å². The number of nitrogens with one attached hydrogen (secondary N) is 2. The van der Waals surface area contributed by atoms with Crippen molar-refractivity contribution in [3.05, 3.63) is 64.7 Å². The van der Waals surface area contributed by atoms with Gasteiger partial charge in [0.2, 0.25) is 11.8 Å². The Labute approximate surface area is 165 Å². The number of fused-ring (bicyclic) bond motifs is 1. The minimum Gasteiger partial charge on any atom is -0.349 e. The standard InChI is InChI=1S/C22H26N2O2S/c1-15-10-11-19(16(2)12-15)23-21(25)13-27-14-22(26)24-20-9-5-7-17-6-3-4-8-18(17)20/h3-4,6,8,10-12,20H,5,7,9,13-14H2,1-2H3,(H,23,25)(H,24,26)/t20-/m1/s1. The predicted octanol–water partition coefficient (Wildman–Crippen LogP) is 4.17. The highest BCUT2D eigenvalue weighted by Crippen LogP contribution is 2.29. The summed E-state index contributed by atoms with van der Waals surface area (Å²) in [4.78, 5) is 24.4. The third-order valence-corrected chi connectivity index (χ3v) is 5.76. The Bertz CT molecular complexity index is 835. The lowest BCUT2D eigenvalue weighted by molar-refractivity contribution is -0.119. The molecule has 0 aromatic heterocycles. The van der Waals surface area contributed by atoms with Crippen molar-refractivity contribution in [1.29, 1.82) is 0 Å². The summed E-state index contributed by atoms with van der Waals surface area (Å²) in [5, 5.41) is 6.04. The van der Waals surface area contributed by atoms with Crippen LogP contribution < -0.4 is 10.6 Å². The van der Waals surface area contributed by atoms with Crippen LogP contribution in [0.5, 0.6) is 0 Å². The van der Waals surface area contributed by atoms with Gasteiger partial charge in [0.25, 0.3) is 0 Å². The second kappa shape index (κ2) is 9.09. The molecule has 142 valence electrons. The van der Waals surface area contributed by atoms with Crippen molar-refractivity contribution in [2.75, 3.05) is 16.8 Å². The van der Waals surface area contributed by atoms with Crippen LogP contribution in [-0.4, -0.2) is 23.3 Å². The Hall–Kier alpha value is -2.27. The number of amides is 2. The average Bonchev–Trinajstić information content (AvgIpc) is 2.64. The highest BCUT2D eigenvalue weighted by atomic mass is 32.2. The molecular weight excluding hydrogens is 356 g/mol. The van der Waals surface area contributed by atoms with Gasteiger partial charge >= 0.3 is 0 Å². The summed E-state index contributed by atoms with van der Waals surface area (Å²) in [5.74, 6) is 0.463. The van der Waals surface area contributed by atoms with Crippen LogP contribution in [0.4, 0.5) is 5.69 Å². The molecule has 0 fully saturated rings. The third kappa shape index (κ3) is 5.36. The molecule has 3 rings (SSSR count). The molecule has 2 aromatic rings. The zero-order chi connectivity index (χ0) is 19.2. The van der Waals surface area contributed by atoms with Gasteiger partial charge in [0.05, 0.1) is 17.5 Å². The van der Waals surface area contributed by atoms with Gasteiger partial charge < -0.3 is 10.6 Å². The molecule has 0 aliphatic heterocycles. The molecule has 0 bridgehead atoms. The van der Waals surface area contributed by atoms with Gasteiger partial charge in [-0.1, -0.05) is 42.0 Å². The summed E-state index contributed by atoms with van der Waals surface area (Å²) in [5.41, 5.74) is 5.60. The van der Waals surface area contributed by atoms with E-state index in [4.69, 9.17) is 0 Å². The normalized spacial score (nSPS) is 15.7. The van der Waals surface area contributed by atoms with E-state index in [2.05, 4.69) is 22.8 Å². The Morgan fingerprint density at radius 2 is 1.85 bits per heavy atom. The topological polar surface area (TPSA) is 58.2 Å². The molecule has 2 amide bonds. The fourth-order valence-electron chi connectivity index (χ4n) is 3.52. The molecule has 1 atom stereocenters. The van der Waals surface area contributed by atoms with Crippen molar-refractivity contribution in [3.8, 4) is 0 Å². The van der Waals surface area contributed by atoms with Gasteiger partial charge in [-0.3, -0.25) is 9.59 Å². The maximum absolute atomic E-state index is 12.3. The Balaban J connectivity index is 1.44. The summed E-state index contributed by atoms with van der Waals surface area (Å²) in [6.07, 6.45) is 3.14. The molecule has 0 unspecified atom stereocenters. The maximum atomic E-state index is 12.3. The molecule has 0 spiro atoms. The SMILES string of the molecule is Cc1ccc(NC(=O)CSCC(=O)N[C@@H]2CCCc3ccccc32)c(C)c1. The van der Waals surface area contributed by atoms with Crippen LogP contribution in [-0.2, 0) is 16.0 Å². The van der Waals surface area contributed by atoms with Gasteiger partial charge in [-0.15, -0.1) is 11.8 Å². The molecule has 27 heavy (non-hydrogen) atoms. The van der Waals surface area contributed by atoms with Crippen LogP contribution in [0.3, 0.4) is 0 Å². The summed E-state index contributed by atoms with van der Waals surface area (Å²) in [6, 6.07) is 14.3. The van der Waals surface area contributed by atoms with E-state index in [1.807, 2.05) is 44.2 Å². The van der Waals surface area contributed by atoms with Crippen molar-refractivity contribution in [3.63, 3.8) is 0 Å². The Kier molecular flexibility index (Phi) is 6.56.